The van der Waals surface area contributed by atoms with Crippen LogP contribution in [0.25, 0.3) is 11.4 Å². The van der Waals surface area contributed by atoms with Crippen molar-refractivity contribution in [3.8, 4) is 17.5 Å². The summed E-state index contributed by atoms with van der Waals surface area (Å²) in [6, 6.07) is 7.29. The standard InChI is InChI=1S/C15H17ClN2O3/c16-12-7-3-2-6-11(12)14-17-15(21-18-14)20-9-10-5-1-4-8-13(10)19/h2-3,6-7,10,13,19H,1,4-5,8-9H2/t10-,13+/m0/s1. The van der Waals surface area contributed by atoms with Crippen LogP contribution in [0.3, 0.4) is 0 Å². The minimum absolute atomic E-state index is 0.114. The normalized spacial score (nSPS) is 22.2. The summed E-state index contributed by atoms with van der Waals surface area (Å²) < 4.78 is 10.6. The van der Waals surface area contributed by atoms with Crippen LogP contribution in [0.15, 0.2) is 28.8 Å². The molecular weight excluding hydrogens is 292 g/mol. The van der Waals surface area contributed by atoms with Gasteiger partial charge in [0.05, 0.1) is 17.7 Å². The molecule has 1 heterocycles. The van der Waals surface area contributed by atoms with Crippen molar-refractivity contribution in [1.29, 1.82) is 0 Å². The molecule has 0 unspecified atom stereocenters. The molecule has 0 amide bonds. The Morgan fingerprint density at radius 3 is 2.90 bits per heavy atom. The van der Waals surface area contributed by atoms with Gasteiger partial charge in [0, 0.05) is 11.5 Å². The summed E-state index contributed by atoms with van der Waals surface area (Å²) in [5, 5.41) is 14.3. The van der Waals surface area contributed by atoms with Crippen molar-refractivity contribution in [3.63, 3.8) is 0 Å². The molecule has 1 fully saturated rings. The summed E-state index contributed by atoms with van der Waals surface area (Å²) in [7, 11) is 0. The molecular formula is C15H17ClN2O3. The van der Waals surface area contributed by atoms with Crippen LogP contribution in [0, 0.1) is 5.92 Å². The molecule has 0 saturated heterocycles. The van der Waals surface area contributed by atoms with Gasteiger partial charge in [-0.25, -0.2) is 0 Å². The van der Waals surface area contributed by atoms with Crippen LogP contribution in [0.4, 0.5) is 0 Å². The molecule has 112 valence electrons. The fraction of sp³-hybridized carbons (Fsp3) is 0.467. The first-order valence-electron chi connectivity index (χ1n) is 7.13. The lowest BCUT2D eigenvalue weighted by Crippen LogP contribution is -2.29. The van der Waals surface area contributed by atoms with Crippen molar-refractivity contribution in [3.05, 3.63) is 29.3 Å². The van der Waals surface area contributed by atoms with Gasteiger partial charge in [0.1, 0.15) is 0 Å². The van der Waals surface area contributed by atoms with E-state index in [-0.39, 0.29) is 18.1 Å². The van der Waals surface area contributed by atoms with Crippen LogP contribution in [0.5, 0.6) is 6.08 Å². The van der Waals surface area contributed by atoms with Crippen molar-refractivity contribution in [2.75, 3.05) is 6.61 Å². The van der Waals surface area contributed by atoms with Crippen molar-refractivity contribution in [1.82, 2.24) is 10.1 Å². The summed E-state index contributed by atoms with van der Waals surface area (Å²) in [5.74, 6) is 0.536. The number of nitrogens with zero attached hydrogens (tertiary/aromatic N) is 2. The van der Waals surface area contributed by atoms with Gasteiger partial charge in [-0.05, 0) is 25.0 Å². The van der Waals surface area contributed by atoms with Crippen molar-refractivity contribution in [2.45, 2.75) is 31.8 Å². The fourth-order valence-corrected chi connectivity index (χ4v) is 2.80. The number of hydrogen-bond donors (Lipinski definition) is 1. The minimum atomic E-state index is -0.301. The fourth-order valence-electron chi connectivity index (χ4n) is 2.58. The molecule has 1 N–H and O–H groups in total. The second kappa shape index (κ2) is 6.45. The van der Waals surface area contributed by atoms with Crippen LogP contribution >= 0.6 is 11.6 Å². The molecule has 21 heavy (non-hydrogen) atoms. The zero-order chi connectivity index (χ0) is 14.7. The third-order valence-electron chi connectivity index (χ3n) is 3.81. The minimum Gasteiger partial charge on any atom is -0.448 e. The van der Waals surface area contributed by atoms with E-state index in [4.69, 9.17) is 20.9 Å². The first-order chi connectivity index (χ1) is 10.2. The molecule has 1 aromatic heterocycles. The molecule has 0 radical (unpaired) electrons. The second-order valence-electron chi connectivity index (χ2n) is 5.29. The third-order valence-corrected chi connectivity index (χ3v) is 4.14. The molecule has 2 atom stereocenters. The molecule has 1 aliphatic carbocycles. The van der Waals surface area contributed by atoms with Gasteiger partial charge in [-0.15, -0.1) is 0 Å². The molecule has 0 aliphatic heterocycles. The number of benzene rings is 1. The molecule has 0 spiro atoms. The summed E-state index contributed by atoms with van der Waals surface area (Å²) in [5.41, 5.74) is 0.704. The second-order valence-corrected chi connectivity index (χ2v) is 5.69. The van der Waals surface area contributed by atoms with E-state index in [1.807, 2.05) is 18.2 Å². The SMILES string of the molecule is O[C@@H]1CCCC[C@H]1COc1nc(-c2ccccc2Cl)no1. The number of rotatable bonds is 4. The third kappa shape index (κ3) is 3.36. The first kappa shape index (κ1) is 14.4. The highest BCUT2D eigenvalue weighted by atomic mass is 35.5. The van der Waals surface area contributed by atoms with Gasteiger partial charge in [0.25, 0.3) is 0 Å². The van der Waals surface area contributed by atoms with Crippen LogP contribution in [-0.2, 0) is 0 Å². The first-order valence-corrected chi connectivity index (χ1v) is 7.51. The van der Waals surface area contributed by atoms with E-state index in [2.05, 4.69) is 10.1 Å². The topological polar surface area (TPSA) is 68.4 Å². The van der Waals surface area contributed by atoms with Crippen molar-refractivity contribution >= 4 is 11.6 Å². The molecule has 0 bridgehead atoms. The van der Waals surface area contributed by atoms with Gasteiger partial charge < -0.3 is 9.84 Å². The quantitative estimate of drug-likeness (QED) is 0.938. The molecule has 3 rings (SSSR count). The Bertz CT molecular complexity index is 602. The van der Waals surface area contributed by atoms with E-state index in [0.29, 0.717) is 23.0 Å². The largest absolute Gasteiger partial charge is 0.448 e. The maximum absolute atomic E-state index is 9.90. The lowest BCUT2D eigenvalue weighted by atomic mass is 9.87. The zero-order valence-electron chi connectivity index (χ0n) is 11.5. The Morgan fingerprint density at radius 1 is 1.29 bits per heavy atom. The Balaban J connectivity index is 1.64. The maximum atomic E-state index is 9.90. The summed E-state index contributed by atoms with van der Waals surface area (Å²) in [4.78, 5) is 4.18. The number of hydrogen-bond acceptors (Lipinski definition) is 5. The summed E-state index contributed by atoms with van der Waals surface area (Å²) in [6.45, 7) is 0.394. The smallest absolute Gasteiger partial charge is 0.417 e. The van der Waals surface area contributed by atoms with Gasteiger partial charge in [0.2, 0.25) is 5.82 Å². The Hall–Kier alpha value is -1.59. The number of aliphatic hydroxyl groups excluding tert-OH is 1. The summed E-state index contributed by atoms with van der Waals surface area (Å²) >= 11 is 6.09. The van der Waals surface area contributed by atoms with Crippen LogP contribution in [-0.4, -0.2) is 28.0 Å². The molecule has 1 aliphatic rings. The maximum Gasteiger partial charge on any atom is 0.417 e. The van der Waals surface area contributed by atoms with Gasteiger partial charge in [0.15, 0.2) is 0 Å². The number of halogens is 1. The molecule has 2 aromatic rings. The average Bonchev–Trinajstić information content (AvgIpc) is 2.96. The Morgan fingerprint density at radius 2 is 2.10 bits per heavy atom. The van der Waals surface area contributed by atoms with E-state index < -0.39 is 0 Å². The highest BCUT2D eigenvalue weighted by molar-refractivity contribution is 6.33. The molecule has 1 saturated carbocycles. The van der Waals surface area contributed by atoms with Crippen molar-refractivity contribution in [2.24, 2.45) is 5.92 Å². The Kier molecular flexibility index (Phi) is 4.41. The van der Waals surface area contributed by atoms with E-state index in [1.54, 1.807) is 6.07 Å². The monoisotopic (exact) mass is 308 g/mol. The van der Waals surface area contributed by atoms with Gasteiger partial charge in [-0.2, -0.15) is 4.98 Å². The Labute approximate surface area is 127 Å². The number of ether oxygens (including phenoxy) is 1. The van der Waals surface area contributed by atoms with E-state index in [1.165, 1.54) is 0 Å². The van der Waals surface area contributed by atoms with E-state index in [9.17, 15) is 5.11 Å². The molecule has 1 aromatic carbocycles. The highest BCUT2D eigenvalue weighted by Crippen LogP contribution is 2.28. The zero-order valence-corrected chi connectivity index (χ0v) is 12.3. The van der Waals surface area contributed by atoms with E-state index >= 15 is 0 Å². The van der Waals surface area contributed by atoms with Crippen molar-refractivity contribution < 1.29 is 14.4 Å². The summed E-state index contributed by atoms with van der Waals surface area (Å²) in [6.07, 6.45) is 3.82. The van der Waals surface area contributed by atoms with Crippen LogP contribution < -0.4 is 4.74 Å². The number of aliphatic hydroxyl groups is 1. The lowest BCUT2D eigenvalue weighted by Gasteiger charge is -2.26. The van der Waals surface area contributed by atoms with Crippen LogP contribution in [0.1, 0.15) is 25.7 Å². The lowest BCUT2D eigenvalue weighted by molar-refractivity contribution is 0.0331. The average molecular weight is 309 g/mol. The molecule has 5 nitrogen and oxygen atoms in total. The predicted molar refractivity (Wildman–Crippen MR) is 78.2 cm³/mol. The van der Waals surface area contributed by atoms with Gasteiger partial charge in [-0.3, -0.25) is 4.52 Å². The number of aromatic nitrogens is 2. The van der Waals surface area contributed by atoms with Gasteiger partial charge >= 0.3 is 6.08 Å². The van der Waals surface area contributed by atoms with Crippen LogP contribution in [0.2, 0.25) is 5.02 Å². The predicted octanol–water partition coefficient (Wildman–Crippen LogP) is 3.32. The van der Waals surface area contributed by atoms with Gasteiger partial charge in [-0.1, -0.05) is 41.7 Å². The molecule has 6 heteroatoms. The highest BCUT2D eigenvalue weighted by Gasteiger charge is 2.24. The van der Waals surface area contributed by atoms with E-state index in [0.717, 1.165) is 25.7 Å².